The van der Waals surface area contributed by atoms with Crippen LogP contribution in [0.15, 0.2) is 29.8 Å². The minimum atomic E-state index is -5.08. The summed E-state index contributed by atoms with van der Waals surface area (Å²) in [6.45, 7) is 6.04. The summed E-state index contributed by atoms with van der Waals surface area (Å²) < 4.78 is 63.5. The number of rotatable bonds is 4. The number of halogens is 6. The highest BCUT2D eigenvalue weighted by Crippen LogP contribution is 2.25. The molecule has 0 saturated heterocycles. The smallest absolute Gasteiger partial charge is 0.475 e. The maximum absolute atomic E-state index is 12.9. The van der Waals surface area contributed by atoms with Gasteiger partial charge in [-0.25, -0.2) is 14.6 Å². The van der Waals surface area contributed by atoms with E-state index in [1.807, 2.05) is 35.5 Å². The number of fused-ring (bicyclic) bond motifs is 1. The van der Waals surface area contributed by atoms with Crippen molar-refractivity contribution >= 4 is 35.0 Å². The molecule has 0 fully saturated rings. The van der Waals surface area contributed by atoms with Gasteiger partial charge in [0.25, 0.3) is 5.91 Å². The van der Waals surface area contributed by atoms with Gasteiger partial charge in [-0.1, -0.05) is 6.07 Å². The summed E-state index contributed by atoms with van der Waals surface area (Å²) in [5.41, 5.74) is 2.18. The molecule has 0 unspecified atom stereocenters. The average Bonchev–Trinajstić information content (AvgIpc) is 3.14. The van der Waals surface area contributed by atoms with Crippen LogP contribution in [0.4, 0.5) is 32.2 Å². The zero-order valence-corrected chi connectivity index (χ0v) is 21.3. The maximum atomic E-state index is 12.9. The molecule has 9 nitrogen and oxygen atoms in total. The zero-order valence-electron chi connectivity index (χ0n) is 20.5. The quantitative estimate of drug-likeness (QED) is 0.533. The number of carbonyl (C=O) groups excluding carboxylic acids is 1. The summed E-state index contributed by atoms with van der Waals surface area (Å²) in [5.74, 6) is -4.37. The Morgan fingerprint density at radius 3 is 2.03 bits per heavy atom. The van der Waals surface area contributed by atoms with Crippen molar-refractivity contribution in [1.82, 2.24) is 14.8 Å². The number of hydrogen-bond donors (Lipinski definition) is 2. The number of carboxylic acids is 2. The average molecular weight is 573 g/mol. The molecule has 3 heterocycles. The summed E-state index contributed by atoms with van der Waals surface area (Å²) in [5, 5.41) is 16.2. The molecule has 2 N–H and O–H groups in total. The first-order valence-corrected chi connectivity index (χ1v) is 11.6. The molecule has 0 aliphatic carbocycles. The van der Waals surface area contributed by atoms with Crippen molar-refractivity contribution in [2.24, 2.45) is 0 Å². The minimum Gasteiger partial charge on any atom is -0.475 e. The van der Waals surface area contributed by atoms with E-state index in [-0.39, 0.29) is 5.91 Å². The van der Waals surface area contributed by atoms with Crippen LogP contribution in [0.5, 0.6) is 0 Å². The third-order valence-electron chi connectivity index (χ3n) is 4.81. The second-order valence-electron chi connectivity index (χ2n) is 8.04. The van der Waals surface area contributed by atoms with Crippen LogP contribution < -0.4 is 4.90 Å². The highest BCUT2D eigenvalue weighted by molar-refractivity contribution is 7.12. The van der Waals surface area contributed by atoms with E-state index in [2.05, 4.69) is 34.9 Å². The van der Waals surface area contributed by atoms with Crippen LogP contribution in [0.25, 0.3) is 0 Å². The number of alkyl halides is 6. The largest absolute Gasteiger partial charge is 0.490 e. The van der Waals surface area contributed by atoms with Gasteiger partial charge >= 0.3 is 24.3 Å². The van der Waals surface area contributed by atoms with E-state index in [0.29, 0.717) is 6.54 Å². The Hall–Kier alpha value is -3.40. The van der Waals surface area contributed by atoms with Crippen molar-refractivity contribution in [1.29, 1.82) is 0 Å². The number of aryl methyl sites for hydroxylation is 1. The first-order chi connectivity index (χ1) is 17.4. The molecule has 38 heavy (non-hydrogen) atoms. The topological polar surface area (TPSA) is 114 Å². The SMILES string of the molecule is Cc1ccsc1C(=O)N1CCN(CCN(C)C)c2ncccc2C1.O=C(O)C(F)(F)F.O=C(O)C(F)(F)F. The Labute approximate surface area is 217 Å². The second kappa shape index (κ2) is 13.9. The molecular weight excluding hydrogens is 546 g/mol. The highest BCUT2D eigenvalue weighted by atomic mass is 32.1. The number of nitrogens with zero attached hydrogens (tertiary/aromatic N) is 4. The van der Waals surface area contributed by atoms with Gasteiger partial charge in [-0.3, -0.25) is 4.79 Å². The molecule has 0 radical (unpaired) electrons. The number of pyridine rings is 1. The first-order valence-electron chi connectivity index (χ1n) is 10.7. The lowest BCUT2D eigenvalue weighted by molar-refractivity contribution is -0.193. The van der Waals surface area contributed by atoms with Gasteiger partial charge < -0.3 is 24.9 Å². The van der Waals surface area contributed by atoms with Gasteiger partial charge in [-0.05, 0) is 44.1 Å². The van der Waals surface area contributed by atoms with Crippen LogP contribution in [-0.2, 0) is 16.1 Å². The van der Waals surface area contributed by atoms with Crippen molar-refractivity contribution < 1.29 is 50.9 Å². The van der Waals surface area contributed by atoms with Gasteiger partial charge in [0.15, 0.2) is 0 Å². The van der Waals surface area contributed by atoms with Gasteiger partial charge in [0.1, 0.15) is 5.82 Å². The van der Waals surface area contributed by atoms with Crippen LogP contribution in [0, 0.1) is 6.92 Å². The van der Waals surface area contributed by atoms with Crippen molar-refractivity contribution in [3.63, 3.8) is 0 Å². The van der Waals surface area contributed by atoms with Gasteiger partial charge in [0.05, 0.1) is 4.88 Å². The van der Waals surface area contributed by atoms with E-state index >= 15 is 0 Å². The molecule has 0 saturated carbocycles. The molecule has 0 aromatic carbocycles. The van der Waals surface area contributed by atoms with E-state index in [4.69, 9.17) is 19.8 Å². The van der Waals surface area contributed by atoms with E-state index in [1.54, 1.807) is 0 Å². The van der Waals surface area contributed by atoms with Crippen LogP contribution in [0.3, 0.4) is 0 Å². The van der Waals surface area contributed by atoms with E-state index in [9.17, 15) is 31.1 Å². The van der Waals surface area contributed by atoms with Gasteiger partial charge in [0.2, 0.25) is 0 Å². The van der Waals surface area contributed by atoms with Gasteiger partial charge in [0, 0.05) is 44.5 Å². The lowest BCUT2D eigenvalue weighted by Crippen LogP contribution is -2.38. The van der Waals surface area contributed by atoms with Crippen molar-refractivity contribution in [3.05, 3.63) is 45.8 Å². The number of carboxylic acid groups (broad SMARTS) is 2. The number of likely N-dealkylation sites (N-methyl/N-ethyl adjacent to an activating group) is 1. The second-order valence-corrected chi connectivity index (χ2v) is 8.96. The molecule has 1 aliphatic heterocycles. The Balaban J connectivity index is 0.000000426. The van der Waals surface area contributed by atoms with Crippen molar-refractivity contribution in [3.8, 4) is 0 Å². The Kier molecular flexibility index (Phi) is 12.0. The molecule has 212 valence electrons. The maximum Gasteiger partial charge on any atom is 0.490 e. The number of carbonyl (C=O) groups is 3. The molecule has 0 bridgehead atoms. The van der Waals surface area contributed by atoms with Gasteiger partial charge in [-0.15, -0.1) is 11.3 Å². The Morgan fingerprint density at radius 1 is 1.03 bits per heavy atom. The molecule has 2 aromatic rings. The normalized spacial score (nSPS) is 13.4. The molecular formula is C22H26F6N4O5S. The van der Waals surface area contributed by atoms with E-state index in [1.165, 1.54) is 11.3 Å². The number of amides is 1. The third-order valence-corrected chi connectivity index (χ3v) is 5.82. The summed E-state index contributed by atoms with van der Waals surface area (Å²) in [6.07, 6.45) is -8.33. The molecule has 16 heteroatoms. The van der Waals surface area contributed by atoms with E-state index in [0.717, 1.165) is 48.0 Å². The first kappa shape index (κ1) is 32.6. The van der Waals surface area contributed by atoms with Crippen LogP contribution in [-0.4, -0.2) is 95.5 Å². The predicted molar refractivity (Wildman–Crippen MR) is 126 cm³/mol. The van der Waals surface area contributed by atoms with Crippen LogP contribution in [0.2, 0.25) is 0 Å². The molecule has 1 amide bonds. The lowest BCUT2D eigenvalue weighted by Gasteiger charge is -2.25. The van der Waals surface area contributed by atoms with E-state index < -0.39 is 24.3 Å². The number of aromatic nitrogens is 1. The predicted octanol–water partition coefficient (Wildman–Crippen LogP) is 3.74. The summed E-state index contributed by atoms with van der Waals surface area (Å²) >= 11 is 1.53. The highest BCUT2D eigenvalue weighted by Gasteiger charge is 2.38. The molecule has 2 aromatic heterocycles. The summed E-state index contributed by atoms with van der Waals surface area (Å²) in [7, 11) is 4.15. The minimum absolute atomic E-state index is 0.131. The lowest BCUT2D eigenvalue weighted by atomic mass is 10.2. The summed E-state index contributed by atoms with van der Waals surface area (Å²) in [6, 6.07) is 6.04. The fourth-order valence-electron chi connectivity index (χ4n) is 2.92. The molecule has 1 aliphatic rings. The zero-order chi connectivity index (χ0) is 29.3. The fraction of sp³-hybridized carbons (Fsp3) is 0.455. The Bertz CT molecular complexity index is 1070. The Morgan fingerprint density at radius 2 is 1.58 bits per heavy atom. The monoisotopic (exact) mass is 572 g/mol. The standard InChI is InChI=1S/C18H24N4OS.2C2HF3O2/c1-14-6-12-24-16(14)18(23)22-11-10-21(9-8-20(2)3)17-15(13-22)5-4-7-19-17;2*3-2(4,5)1(6)7/h4-7,12H,8-11,13H2,1-3H3;2*(H,6,7). The summed E-state index contributed by atoms with van der Waals surface area (Å²) in [4.78, 5) is 42.6. The molecule has 0 spiro atoms. The third kappa shape index (κ3) is 10.5. The fourth-order valence-corrected chi connectivity index (χ4v) is 3.81. The number of aliphatic carboxylic acids is 2. The molecule has 3 rings (SSSR count). The number of anilines is 1. The van der Waals surface area contributed by atoms with Crippen molar-refractivity contribution in [2.75, 3.05) is 45.2 Å². The number of thiophene rings is 1. The molecule has 0 atom stereocenters. The van der Waals surface area contributed by atoms with Crippen molar-refractivity contribution in [2.45, 2.75) is 25.8 Å². The van der Waals surface area contributed by atoms with Gasteiger partial charge in [-0.2, -0.15) is 26.3 Å². The number of hydrogen-bond acceptors (Lipinski definition) is 7. The van der Waals surface area contributed by atoms with Crippen LogP contribution in [0.1, 0.15) is 20.8 Å². The van der Waals surface area contributed by atoms with Crippen LogP contribution >= 0.6 is 11.3 Å².